The van der Waals surface area contributed by atoms with Gasteiger partial charge in [-0.1, -0.05) is 24.3 Å². The summed E-state index contributed by atoms with van der Waals surface area (Å²) in [6, 6.07) is 13.9. The Hall–Kier alpha value is -1.83. The fourth-order valence-corrected chi connectivity index (χ4v) is 2.53. The third-order valence-corrected chi connectivity index (χ3v) is 3.72. The van der Waals surface area contributed by atoms with E-state index in [2.05, 4.69) is 32.3 Å². The van der Waals surface area contributed by atoms with Crippen molar-refractivity contribution in [1.29, 1.82) is 0 Å². The summed E-state index contributed by atoms with van der Waals surface area (Å²) in [5, 5.41) is 3.07. The number of aliphatic imine (C=N–C) groups is 1. The van der Waals surface area contributed by atoms with Crippen LogP contribution in [0, 0.1) is 0 Å². The van der Waals surface area contributed by atoms with Gasteiger partial charge in [0.25, 0.3) is 0 Å². The van der Waals surface area contributed by atoms with Crippen LogP contribution in [-0.4, -0.2) is 24.0 Å². The van der Waals surface area contributed by atoms with E-state index in [1.165, 1.54) is 12.8 Å². The maximum absolute atomic E-state index is 5.89. The highest BCUT2D eigenvalue weighted by Crippen LogP contribution is 2.17. The molecule has 5 nitrogen and oxygen atoms in total. The van der Waals surface area contributed by atoms with Crippen LogP contribution >= 0.6 is 24.0 Å². The van der Waals surface area contributed by atoms with Crippen molar-refractivity contribution in [2.75, 3.05) is 23.3 Å². The number of para-hydroxylation sites is 1. The molecule has 0 atom stereocenters. The molecule has 1 fully saturated rings. The van der Waals surface area contributed by atoms with Crippen LogP contribution in [-0.2, 0) is 6.54 Å². The van der Waals surface area contributed by atoms with Crippen LogP contribution in [0.4, 0.5) is 11.5 Å². The van der Waals surface area contributed by atoms with Crippen molar-refractivity contribution in [3.8, 4) is 0 Å². The minimum absolute atomic E-state index is 0. The lowest BCUT2D eigenvalue weighted by Crippen LogP contribution is -2.22. The van der Waals surface area contributed by atoms with E-state index in [0.29, 0.717) is 12.5 Å². The Morgan fingerprint density at radius 3 is 2.52 bits per heavy atom. The van der Waals surface area contributed by atoms with Gasteiger partial charge in [0.15, 0.2) is 5.96 Å². The van der Waals surface area contributed by atoms with Crippen molar-refractivity contribution in [2.24, 2.45) is 10.7 Å². The van der Waals surface area contributed by atoms with Gasteiger partial charge in [0, 0.05) is 25.0 Å². The van der Waals surface area contributed by atoms with E-state index in [1.54, 1.807) is 0 Å². The Morgan fingerprint density at radius 2 is 1.87 bits per heavy atom. The van der Waals surface area contributed by atoms with E-state index in [1.807, 2.05) is 36.5 Å². The number of halogens is 1. The van der Waals surface area contributed by atoms with Gasteiger partial charge in [0.05, 0.1) is 6.54 Å². The number of hydrogen-bond donors (Lipinski definition) is 2. The van der Waals surface area contributed by atoms with Crippen LogP contribution < -0.4 is 16.0 Å². The second-order valence-electron chi connectivity index (χ2n) is 5.41. The van der Waals surface area contributed by atoms with Gasteiger partial charge in [0.1, 0.15) is 5.82 Å². The average Bonchev–Trinajstić information content (AvgIpc) is 3.09. The fraction of sp³-hybridized carbons (Fsp3) is 0.294. The lowest BCUT2D eigenvalue weighted by molar-refractivity contribution is 0.929. The Bertz CT molecular complexity index is 621. The predicted molar refractivity (Wildman–Crippen MR) is 106 cm³/mol. The number of pyridine rings is 1. The topological polar surface area (TPSA) is 66.5 Å². The van der Waals surface area contributed by atoms with E-state index >= 15 is 0 Å². The maximum Gasteiger partial charge on any atom is 0.193 e. The minimum Gasteiger partial charge on any atom is -0.370 e. The van der Waals surface area contributed by atoms with E-state index in [0.717, 1.165) is 30.2 Å². The molecule has 23 heavy (non-hydrogen) atoms. The number of aromatic nitrogens is 1. The zero-order chi connectivity index (χ0) is 15.2. The van der Waals surface area contributed by atoms with Gasteiger partial charge in [-0.15, -0.1) is 24.0 Å². The van der Waals surface area contributed by atoms with Gasteiger partial charge in [-0.2, -0.15) is 0 Å². The molecule has 3 N–H and O–H groups in total. The predicted octanol–water partition coefficient (Wildman–Crippen LogP) is 3.23. The van der Waals surface area contributed by atoms with E-state index in [4.69, 9.17) is 5.73 Å². The summed E-state index contributed by atoms with van der Waals surface area (Å²) in [7, 11) is 0. The maximum atomic E-state index is 5.89. The summed E-state index contributed by atoms with van der Waals surface area (Å²) in [5.41, 5.74) is 7.89. The lowest BCUT2D eigenvalue weighted by Gasteiger charge is -2.16. The van der Waals surface area contributed by atoms with Gasteiger partial charge in [-0.25, -0.2) is 9.98 Å². The number of nitrogens with one attached hydrogen (secondary N) is 1. The van der Waals surface area contributed by atoms with Gasteiger partial charge in [-0.3, -0.25) is 0 Å². The quantitative estimate of drug-likeness (QED) is 0.450. The van der Waals surface area contributed by atoms with Gasteiger partial charge >= 0.3 is 0 Å². The second-order valence-corrected chi connectivity index (χ2v) is 5.41. The first-order valence-corrected chi connectivity index (χ1v) is 7.63. The van der Waals surface area contributed by atoms with Crippen LogP contribution in [0.5, 0.6) is 0 Å². The second kappa shape index (κ2) is 8.71. The van der Waals surface area contributed by atoms with Gasteiger partial charge in [0.2, 0.25) is 0 Å². The zero-order valence-electron chi connectivity index (χ0n) is 13.0. The first-order valence-electron chi connectivity index (χ1n) is 7.63. The highest BCUT2D eigenvalue weighted by molar-refractivity contribution is 14.0. The summed E-state index contributed by atoms with van der Waals surface area (Å²) < 4.78 is 0. The molecule has 0 aliphatic carbocycles. The molecule has 3 rings (SSSR count). The molecular weight excluding hydrogens is 401 g/mol. The third kappa shape index (κ3) is 5.09. The molecule has 1 aliphatic heterocycles. The number of rotatable bonds is 4. The molecule has 0 unspecified atom stereocenters. The first-order chi connectivity index (χ1) is 10.8. The van der Waals surface area contributed by atoms with Crippen molar-refractivity contribution in [1.82, 2.24) is 4.98 Å². The summed E-state index contributed by atoms with van der Waals surface area (Å²) >= 11 is 0. The van der Waals surface area contributed by atoms with E-state index in [9.17, 15) is 0 Å². The van der Waals surface area contributed by atoms with Crippen LogP contribution in [0.15, 0.2) is 53.7 Å². The highest BCUT2D eigenvalue weighted by Gasteiger charge is 2.12. The van der Waals surface area contributed by atoms with Crippen LogP contribution in [0.1, 0.15) is 18.4 Å². The smallest absolute Gasteiger partial charge is 0.193 e. The Labute approximate surface area is 154 Å². The molecule has 1 aromatic heterocycles. The Balaban J connectivity index is 0.00000192. The van der Waals surface area contributed by atoms with Crippen LogP contribution in [0.25, 0.3) is 0 Å². The van der Waals surface area contributed by atoms with Gasteiger partial charge in [-0.05, 0) is 36.6 Å². The van der Waals surface area contributed by atoms with Gasteiger partial charge < -0.3 is 16.0 Å². The number of nitrogens with zero attached hydrogens (tertiary/aromatic N) is 3. The highest BCUT2D eigenvalue weighted by atomic mass is 127. The lowest BCUT2D eigenvalue weighted by atomic mass is 10.3. The monoisotopic (exact) mass is 423 g/mol. The number of anilines is 2. The number of hydrogen-bond acceptors (Lipinski definition) is 3. The van der Waals surface area contributed by atoms with E-state index < -0.39 is 0 Å². The van der Waals surface area contributed by atoms with E-state index in [-0.39, 0.29) is 24.0 Å². The molecule has 2 aromatic rings. The first kappa shape index (κ1) is 17.5. The molecule has 2 heterocycles. The molecule has 0 bridgehead atoms. The minimum atomic E-state index is 0. The molecule has 0 spiro atoms. The summed E-state index contributed by atoms with van der Waals surface area (Å²) in [6.07, 6.45) is 4.40. The third-order valence-electron chi connectivity index (χ3n) is 3.72. The molecule has 6 heteroatoms. The van der Waals surface area contributed by atoms with Crippen LogP contribution in [0.3, 0.4) is 0 Å². The number of nitrogens with two attached hydrogens (primary N) is 1. The number of benzene rings is 1. The average molecular weight is 423 g/mol. The van der Waals surface area contributed by atoms with Crippen molar-refractivity contribution in [3.05, 3.63) is 54.2 Å². The fourth-order valence-electron chi connectivity index (χ4n) is 2.53. The molecule has 0 saturated carbocycles. The standard InChI is InChI=1S/C17H21N5.HI/c18-17(21-15-6-2-1-3-7-15)20-13-14-8-9-16(19-12-14)22-10-4-5-11-22;/h1-3,6-9,12H,4-5,10-11,13H2,(H3,18,20,21);1H. The molecule has 122 valence electrons. The molecular formula is C17H22IN5. The summed E-state index contributed by atoms with van der Waals surface area (Å²) in [6.45, 7) is 2.75. The molecule has 1 saturated heterocycles. The SMILES string of the molecule is I.NC(=NCc1ccc(N2CCCC2)nc1)Nc1ccccc1. The Morgan fingerprint density at radius 1 is 1.13 bits per heavy atom. The number of guanidine groups is 1. The summed E-state index contributed by atoms with van der Waals surface area (Å²) in [4.78, 5) is 11.2. The van der Waals surface area contributed by atoms with Crippen LogP contribution in [0.2, 0.25) is 0 Å². The molecule has 0 radical (unpaired) electrons. The van der Waals surface area contributed by atoms with Crippen molar-refractivity contribution in [2.45, 2.75) is 19.4 Å². The summed E-state index contributed by atoms with van der Waals surface area (Å²) in [5.74, 6) is 1.47. The molecule has 1 aliphatic rings. The molecule has 1 aromatic carbocycles. The normalized spacial score (nSPS) is 14.4. The van der Waals surface area contributed by atoms with Crippen molar-refractivity contribution < 1.29 is 0 Å². The van der Waals surface area contributed by atoms with Crippen molar-refractivity contribution in [3.63, 3.8) is 0 Å². The molecule has 0 amide bonds. The zero-order valence-corrected chi connectivity index (χ0v) is 15.3. The largest absolute Gasteiger partial charge is 0.370 e. The van der Waals surface area contributed by atoms with Crippen molar-refractivity contribution >= 4 is 41.4 Å². The Kier molecular flexibility index (Phi) is 6.64.